The van der Waals surface area contributed by atoms with E-state index in [4.69, 9.17) is 0 Å². The molecule has 0 saturated carbocycles. The van der Waals surface area contributed by atoms with Crippen LogP contribution in [0.5, 0.6) is 0 Å². The van der Waals surface area contributed by atoms with Gasteiger partial charge in [-0.15, -0.1) is 0 Å². The van der Waals surface area contributed by atoms with Crippen molar-refractivity contribution in [3.63, 3.8) is 0 Å². The third-order valence-corrected chi connectivity index (χ3v) is 3.16. The fourth-order valence-corrected chi connectivity index (χ4v) is 2.08. The fourth-order valence-electron chi connectivity index (χ4n) is 2.08. The number of H-pyrrole nitrogens is 1. The highest BCUT2D eigenvalue weighted by molar-refractivity contribution is 5.90. The number of carbonyl (C=O) groups excluding carboxylic acids is 1. The van der Waals surface area contributed by atoms with E-state index < -0.39 is 0 Å². The molecule has 0 aliphatic heterocycles. The van der Waals surface area contributed by atoms with E-state index in [1.165, 1.54) is 0 Å². The summed E-state index contributed by atoms with van der Waals surface area (Å²) in [7, 11) is 1.56. The zero-order chi connectivity index (χ0) is 14.7. The second-order valence-corrected chi connectivity index (χ2v) is 4.53. The lowest BCUT2D eigenvalue weighted by molar-refractivity contribution is 0.0953. The summed E-state index contributed by atoms with van der Waals surface area (Å²) in [4.78, 5) is 15.7. The van der Waals surface area contributed by atoms with Crippen molar-refractivity contribution in [3.05, 3.63) is 60.4 Å². The van der Waals surface area contributed by atoms with Crippen LogP contribution in [0.25, 0.3) is 22.5 Å². The summed E-state index contributed by atoms with van der Waals surface area (Å²) in [5, 5.41) is 9.24. The summed E-state index contributed by atoms with van der Waals surface area (Å²) >= 11 is 0. The van der Waals surface area contributed by atoms with Crippen molar-refractivity contribution in [2.24, 2.45) is 0 Å². The van der Waals surface area contributed by atoms with Gasteiger partial charge < -0.3 is 5.32 Å². The van der Waals surface area contributed by atoms with Crippen LogP contribution in [-0.4, -0.2) is 28.1 Å². The highest BCUT2D eigenvalue weighted by atomic mass is 16.2. The molecule has 5 heteroatoms. The van der Waals surface area contributed by atoms with Gasteiger partial charge in [-0.25, -0.2) is 4.98 Å². The molecule has 2 N–H and O–H groups in total. The lowest BCUT2D eigenvalue weighted by Gasteiger charge is -2.03. The Balaban J connectivity index is 1.97. The highest BCUT2D eigenvalue weighted by Gasteiger charge is 2.11. The molecular formula is C16H14N4O. The van der Waals surface area contributed by atoms with Gasteiger partial charge >= 0.3 is 0 Å². The van der Waals surface area contributed by atoms with E-state index in [1.54, 1.807) is 7.05 Å². The van der Waals surface area contributed by atoms with Crippen molar-refractivity contribution in [1.29, 1.82) is 0 Å². The lowest BCUT2D eigenvalue weighted by atomic mass is 10.0. The van der Waals surface area contributed by atoms with Gasteiger partial charge in [-0.05, 0) is 17.2 Å². The first-order valence-corrected chi connectivity index (χ1v) is 6.58. The maximum Gasteiger partial charge on any atom is 0.288 e. The second kappa shape index (κ2) is 5.58. The van der Waals surface area contributed by atoms with Crippen molar-refractivity contribution >= 4 is 5.91 Å². The number of amides is 1. The molecule has 3 aromatic rings. The maximum atomic E-state index is 11.5. The van der Waals surface area contributed by atoms with Crippen molar-refractivity contribution < 1.29 is 4.79 Å². The predicted octanol–water partition coefficient (Wildman–Crippen LogP) is 2.50. The second-order valence-electron chi connectivity index (χ2n) is 4.53. The van der Waals surface area contributed by atoms with Crippen LogP contribution < -0.4 is 5.32 Å². The van der Waals surface area contributed by atoms with Crippen LogP contribution in [0.2, 0.25) is 0 Å². The van der Waals surface area contributed by atoms with E-state index in [2.05, 4.69) is 20.5 Å². The number of hydrogen-bond donors (Lipinski definition) is 2. The molecule has 1 heterocycles. The number of nitrogens with one attached hydrogen (secondary N) is 2. The molecule has 5 nitrogen and oxygen atoms in total. The molecule has 0 bridgehead atoms. The molecule has 1 amide bonds. The minimum Gasteiger partial charge on any atom is -0.352 e. The summed E-state index contributed by atoms with van der Waals surface area (Å²) in [5.74, 6) is 0.428. The first-order valence-electron chi connectivity index (χ1n) is 6.58. The largest absolute Gasteiger partial charge is 0.352 e. The highest BCUT2D eigenvalue weighted by Crippen LogP contribution is 2.24. The maximum absolute atomic E-state index is 11.5. The van der Waals surface area contributed by atoms with Gasteiger partial charge in [0, 0.05) is 12.6 Å². The topological polar surface area (TPSA) is 70.7 Å². The number of hydrogen-bond acceptors (Lipinski definition) is 3. The van der Waals surface area contributed by atoms with Crippen LogP contribution in [0.3, 0.4) is 0 Å². The van der Waals surface area contributed by atoms with Crippen LogP contribution in [-0.2, 0) is 0 Å². The third-order valence-electron chi connectivity index (χ3n) is 3.16. The summed E-state index contributed by atoms with van der Waals surface area (Å²) in [5.41, 5.74) is 3.07. The molecule has 3 rings (SSSR count). The van der Waals surface area contributed by atoms with Crippen LogP contribution in [0.15, 0.2) is 54.6 Å². The van der Waals surface area contributed by atoms with E-state index in [1.807, 2.05) is 54.6 Å². The molecule has 0 aliphatic carbocycles. The molecule has 0 atom stereocenters. The Morgan fingerprint density at radius 1 is 1.00 bits per heavy atom. The number of aromatic nitrogens is 3. The Morgan fingerprint density at radius 2 is 1.71 bits per heavy atom. The monoisotopic (exact) mass is 278 g/mol. The Hall–Kier alpha value is -2.95. The summed E-state index contributed by atoms with van der Waals surface area (Å²) in [6.45, 7) is 0. The van der Waals surface area contributed by atoms with Gasteiger partial charge in [0.15, 0.2) is 5.82 Å². The standard InChI is InChI=1S/C16H14N4O/c1-17-16(21)15-18-14(19-20-15)13-9-5-8-12(10-13)11-6-3-2-4-7-11/h2-10H,1H3,(H,17,21)(H,18,19,20). The normalized spacial score (nSPS) is 10.3. The number of carbonyl (C=O) groups is 1. The Kier molecular flexibility index (Phi) is 3.47. The van der Waals surface area contributed by atoms with Crippen molar-refractivity contribution in [3.8, 4) is 22.5 Å². The minimum absolute atomic E-state index is 0.206. The van der Waals surface area contributed by atoms with Gasteiger partial charge in [0.2, 0.25) is 5.82 Å². The first-order chi connectivity index (χ1) is 10.3. The lowest BCUT2D eigenvalue weighted by Crippen LogP contribution is -2.19. The van der Waals surface area contributed by atoms with Gasteiger partial charge in [-0.3, -0.25) is 9.89 Å². The molecule has 104 valence electrons. The molecule has 0 saturated heterocycles. The van der Waals surface area contributed by atoms with Crippen LogP contribution in [0.1, 0.15) is 10.6 Å². The summed E-state index contributed by atoms with van der Waals surface area (Å²) in [6.07, 6.45) is 0. The molecule has 0 aliphatic rings. The molecular weight excluding hydrogens is 264 g/mol. The quantitative estimate of drug-likeness (QED) is 0.773. The van der Waals surface area contributed by atoms with E-state index in [-0.39, 0.29) is 11.7 Å². The Labute approximate surface area is 122 Å². The number of benzene rings is 2. The molecule has 21 heavy (non-hydrogen) atoms. The summed E-state index contributed by atoms with van der Waals surface area (Å²) < 4.78 is 0. The molecule has 0 radical (unpaired) electrons. The van der Waals surface area contributed by atoms with Crippen LogP contribution in [0.4, 0.5) is 0 Å². The molecule has 0 spiro atoms. The van der Waals surface area contributed by atoms with E-state index in [0.29, 0.717) is 5.82 Å². The zero-order valence-electron chi connectivity index (χ0n) is 11.5. The summed E-state index contributed by atoms with van der Waals surface area (Å²) in [6, 6.07) is 18.0. The number of rotatable bonds is 3. The van der Waals surface area contributed by atoms with E-state index >= 15 is 0 Å². The minimum atomic E-state index is -0.284. The molecule has 0 fully saturated rings. The van der Waals surface area contributed by atoms with E-state index in [9.17, 15) is 4.79 Å². The Morgan fingerprint density at radius 3 is 2.48 bits per heavy atom. The number of nitrogens with zero attached hydrogens (tertiary/aromatic N) is 2. The van der Waals surface area contributed by atoms with Crippen LogP contribution in [0, 0.1) is 0 Å². The average Bonchev–Trinajstić information content (AvgIpc) is 3.05. The van der Waals surface area contributed by atoms with E-state index in [0.717, 1.165) is 16.7 Å². The van der Waals surface area contributed by atoms with Gasteiger partial charge in [0.05, 0.1) is 0 Å². The molecule has 2 aromatic carbocycles. The Bertz CT molecular complexity index is 765. The third kappa shape index (κ3) is 2.67. The smallest absolute Gasteiger partial charge is 0.288 e. The van der Waals surface area contributed by atoms with Gasteiger partial charge in [-0.1, -0.05) is 48.5 Å². The first kappa shape index (κ1) is 13.1. The van der Waals surface area contributed by atoms with Gasteiger partial charge in [0.1, 0.15) is 0 Å². The van der Waals surface area contributed by atoms with Gasteiger partial charge in [-0.2, -0.15) is 5.10 Å². The van der Waals surface area contributed by atoms with Crippen molar-refractivity contribution in [2.45, 2.75) is 0 Å². The molecule has 1 aromatic heterocycles. The fraction of sp³-hybridized carbons (Fsp3) is 0.0625. The molecule has 0 unspecified atom stereocenters. The van der Waals surface area contributed by atoms with Crippen molar-refractivity contribution in [2.75, 3.05) is 7.05 Å². The average molecular weight is 278 g/mol. The van der Waals surface area contributed by atoms with Gasteiger partial charge in [0.25, 0.3) is 5.91 Å². The zero-order valence-corrected chi connectivity index (χ0v) is 11.5. The van der Waals surface area contributed by atoms with Crippen molar-refractivity contribution in [1.82, 2.24) is 20.5 Å². The SMILES string of the molecule is CNC(=O)c1nc(-c2cccc(-c3ccccc3)c2)n[nH]1. The predicted molar refractivity (Wildman–Crippen MR) is 80.6 cm³/mol. The van der Waals surface area contributed by atoms with Crippen LogP contribution >= 0.6 is 0 Å². The number of aromatic amines is 1.